The first kappa shape index (κ1) is 17.1. The van der Waals surface area contributed by atoms with Gasteiger partial charge in [0.15, 0.2) is 11.0 Å². The third-order valence-corrected chi connectivity index (χ3v) is 6.23. The minimum atomic E-state index is -3.69. The number of sulfonamides is 1. The lowest BCUT2D eigenvalue weighted by molar-refractivity contribution is 0.597. The third-order valence-electron chi connectivity index (χ3n) is 4.29. The van der Waals surface area contributed by atoms with Crippen LogP contribution in [0.5, 0.6) is 0 Å². The first-order chi connectivity index (χ1) is 12.4. The number of aryl methyl sites for hydroxylation is 1. The maximum absolute atomic E-state index is 11.4. The normalized spacial score (nSPS) is 14.3. The minimum Gasteiger partial charge on any atom is -0.344 e. The number of rotatable bonds is 3. The lowest BCUT2D eigenvalue weighted by Crippen LogP contribution is -2.30. The Kier molecular flexibility index (Phi) is 4.22. The van der Waals surface area contributed by atoms with Gasteiger partial charge in [0, 0.05) is 11.3 Å². The van der Waals surface area contributed by atoms with Crippen molar-refractivity contribution in [2.45, 2.75) is 23.6 Å². The summed E-state index contributed by atoms with van der Waals surface area (Å²) >= 11 is 1.60. The number of thioether (sulfide) groups is 1. The van der Waals surface area contributed by atoms with Gasteiger partial charge < -0.3 is 4.90 Å². The van der Waals surface area contributed by atoms with Crippen LogP contribution in [0.3, 0.4) is 0 Å². The van der Waals surface area contributed by atoms with Crippen LogP contribution in [0.25, 0.3) is 11.4 Å². The highest BCUT2D eigenvalue weighted by molar-refractivity contribution is 7.99. The van der Waals surface area contributed by atoms with Gasteiger partial charge in [-0.05, 0) is 36.8 Å². The molecule has 0 spiro atoms. The largest absolute Gasteiger partial charge is 0.344 e. The summed E-state index contributed by atoms with van der Waals surface area (Å²) in [5, 5.41) is 14.7. The van der Waals surface area contributed by atoms with Crippen molar-refractivity contribution in [3.8, 4) is 11.4 Å². The van der Waals surface area contributed by atoms with E-state index in [4.69, 9.17) is 5.14 Å². The fourth-order valence-corrected chi connectivity index (χ4v) is 4.31. The van der Waals surface area contributed by atoms with E-state index in [1.165, 1.54) is 12.1 Å². The zero-order valence-electron chi connectivity index (χ0n) is 14.0. The van der Waals surface area contributed by atoms with E-state index in [9.17, 15) is 8.42 Å². The molecule has 0 radical (unpaired) electrons. The molecule has 2 heterocycles. The predicted octanol–water partition coefficient (Wildman–Crippen LogP) is 2.43. The standard InChI is InChI=1S/C17H17N5O2S2/c1-12-4-2-3-5-15(12)16-19-20-17-22(16)10-21(11-25-17)13-6-8-14(9-7-13)26(18,23)24/h2-9H,10-11H2,1H3,(H2,18,23,24). The molecule has 1 aliphatic rings. The molecule has 1 aromatic heterocycles. The van der Waals surface area contributed by atoms with Crippen LogP contribution in [0.4, 0.5) is 5.69 Å². The topological polar surface area (TPSA) is 94.1 Å². The quantitative estimate of drug-likeness (QED) is 0.742. The Morgan fingerprint density at radius 2 is 1.81 bits per heavy atom. The molecule has 9 heteroatoms. The second kappa shape index (κ2) is 6.42. The molecule has 2 N–H and O–H groups in total. The Balaban J connectivity index is 1.66. The monoisotopic (exact) mass is 387 g/mol. The van der Waals surface area contributed by atoms with Crippen LogP contribution < -0.4 is 10.0 Å². The van der Waals surface area contributed by atoms with E-state index in [2.05, 4.69) is 32.7 Å². The van der Waals surface area contributed by atoms with Gasteiger partial charge in [-0.2, -0.15) is 0 Å². The molecule has 26 heavy (non-hydrogen) atoms. The van der Waals surface area contributed by atoms with Crippen LogP contribution >= 0.6 is 11.8 Å². The molecule has 7 nitrogen and oxygen atoms in total. The summed E-state index contributed by atoms with van der Waals surface area (Å²) < 4.78 is 24.9. The molecule has 0 fully saturated rings. The van der Waals surface area contributed by atoms with Crippen molar-refractivity contribution in [1.82, 2.24) is 14.8 Å². The maximum atomic E-state index is 11.4. The molecule has 3 aromatic rings. The lowest BCUT2D eigenvalue weighted by atomic mass is 10.1. The number of anilines is 1. The number of nitrogens with two attached hydrogens (primary N) is 1. The first-order valence-corrected chi connectivity index (χ1v) is 10.5. The van der Waals surface area contributed by atoms with Crippen LogP contribution in [0, 0.1) is 6.92 Å². The number of hydrogen-bond acceptors (Lipinski definition) is 6. The minimum absolute atomic E-state index is 0.108. The van der Waals surface area contributed by atoms with E-state index in [0.717, 1.165) is 27.8 Å². The average Bonchev–Trinajstić information content (AvgIpc) is 3.04. The van der Waals surface area contributed by atoms with Gasteiger partial charge >= 0.3 is 0 Å². The van der Waals surface area contributed by atoms with E-state index in [1.807, 2.05) is 18.2 Å². The van der Waals surface area contributed by atoms with Crippen LogP contribution in [0.2, 0.25) is 0 Å². The summed E-state index contributed by atoms with van der Waals surface area (Å²) in [4.78, 5) is 2.24. The number of hydrogen-bond donors (Lipinski definition) is 1. The zero-order chi connectivity index (χ0) is 18.3. The van der Waals surface area contributed by atoms with Gasteiger partial charge in [0.1, 0.15) is 0 Å². The highest BCUT2D eigenvalue weighted by atomic mass is 32.2. The van der Waals surface area contributed by atoms with Crippen LogP contribution in [-0.2, 0) is 16.7 Å². The van der Waals surface area contributed by atoms with Gasteiger partial charge in [0.05, 0.1) is 17.4 Å². The van der Waals surface area contributed by atoms with E-state index < -0.39 is 10.0 Å². The first-order valence-electron chi connectivity index (χ1n) is 7.93. The molecule has 0 bridgehead atoms. The van der Waals surface area contributed by atoms with Gasteiger partial charge in [0.25, 0.3) is 0 Å². The SMILES string of the molecule is Cc1ccccc1-c1nnc2n1CN(c1ccc(S(N)(=O)=O)cc1)CS2. The van der Waals surface area contributed by atoms with Gasteiger partial charge in [-0.15, -0.1) is 10.2 Å². The van der Waals surface area contributed by atoms with Crippen molar-refractivity contribution in [2.75, 3.05) is 10.8 Å². The highest BCUT2D eigenvalue weighted by Gasteiger charge is 2.23. The fourth-order valence-electron chi connectivity index (χ4n) is 2.90. The Labute approximate surface area is 155 Å². The van der Waals surface area contributed by atoms with E-state index in [-0.39, 0.29) is 4.90 Å². The number of fused-ring (bicyclic) bond motifs is 1. The van der Waals surface area contributed by atoms with Crippen LogP contribution in [0.15, 0.2) is 58.6 Å². The van der Waals surface area contributed by atoms with Crippen molar-refractivity contribution in [2.24, 2.45) is 5.14 Å². The number of nitrogens with zero attached hydrogens (tertiary/aromatic N) is 4. The van der Waals surface area contributed by atoms with Crippen LogP contribution in [0.1, 0.15) is 5.56 Å². The van der Waals surface area contributed by atoms with Crippen molar-refractivity contribution < 1.29 is 8.42 Å². The second-order valence-electron chi connectivity index (χ2n) is 6.04. The van der Waals surface area contributed by atoms with Crippen molar-refractivity contribution in [1.29, 1.82) is 0 Å². The Hall–Kier alpha value is -2.36. The summed E-state index contributed by atoms with van der Waals surface area (Å²) in [6.45, 7) is 2.64. The van der Waals surface area contributed by atoms with E-state index in [0.29, 0.717) is 12.5 Å². The molecule has 4 rings (SSSR count). The number of benzene rings is 2. The molecule has 0 atom stereocenters. The Morgan fingerprint density at radius 1 is 1.08 bits per heavy atom. The van der Waals surface area contributed by atoms with Crippen molar-refractivity contribution in [3.63, 3.8) is 0 Å². The molecular weight excluding hydrogens is 370 g/mol. The van der Waals surface area contributed by atoms with E-state index in [1.54, 1.807) is 23.9 Å². The van der Waals surface area contributed by atoms with Crippen molar-refractivity contribution >= 4 is 27.5 Å². The number of primary sulfonamides is 1. The molecule has 134 valence electrons. The molecule has 0 amide bonds. The van der Waals surface area contributed by atoms with Crippen molar-refractivity contribution in [3.05, 3.63) is 54.1 Å². The maximum Gasteiger partial charge on any atom is 0.238 e. The predicted molar refractivity (Wildman–Crippen MR) is 101 cm³/mol. The molecule has 0 saturated heterocycles. The summed E-state index contributed by atoms with van der Waals surface area (Å²) in [6.07, 6.45) is 0. The Morgan fingerprint density at radius 3 is 2.50 bits per heavy atom. The molecule has 0 aliphatic carbocycles. The smallest absolute Gasteiger partial charge is 0.238 e. The van der Waals surface area contributed by atoms with Gasteiger partial charge in [-0.1, -0.05) is 36.0 Å². The number of aromatic nitrogens is 3. The molecule has 1 aliphatic heterocycles. The Bertz CT molecular complexity index is 1060. The van der Waals surface area contributed by atoms with Gasteiger partial charge in [-0.3, -0.25) is 4.57 Å². The molecular formula is C17H17N5O2S2. The summed E-state index contributed by atoms with van der Waals surface area (Å²) in [5.74, 6) is 1.54. The fraction of sp³-hybridized carbons (Fsp3) is 0.176. The molecule has 0 saturated carbocycles. The molecule has 0 unspecified atom stereocenters. The summed E-state index contributed by atoms with van der Waals surface area (Å²) in [7, 11) is -3.69. The second-order valence-corrected chi connectivity index (χ2v) is 8.52. The van der Waals surface area contributed by atoms with Gasteiger partial charge in [0.2, 0.25) is 10.0 Å². The third kappa shape index (κ3) is 3.09. The summed E-state index contributed by atoms with van der Waals surface area (Å²) in [5.41, 5.74) is 3.11. The summed E-state index contributed by atoms with van der Waals surface area (Å²) in [6, 6.07) is 14.7. The van der Waals surface area contributed by atoms with Gasteiger partial charge in [-0.25, -0.2) is 13.6 Å². The zero-order valence-corrected chi connectivity index (χ0v) is 15.7. The lowest BCUT2D eigenvalue weighted by Gasteiger charge is -2.30. The average molecular weight is 387 g/mol. The van der Waals surface area contributed by atoms with Crippen LogP contribution in [-0.4, -0.2) is 29.1 Å². The highest BCUT2D eigenvalue weighted by Crippen LogP contribution is 2.32. The molecule has 2 aromatic carbocycles. The van der Waals surface area contributed by atoms with E-state index >= 15 is 0 Å².